The highest BCUT2D eigenvalue weighted by Gasteiger charge is 2.34. The first-order valence-corrected chi connectivity index (χ1v) is 10.1. The summed E-state index contributed by atoms with van der Waals surface area (Å²) in [5.41, 5.74) is 2.28. The van der Waals surface area contributed by atoms with E-state index >= 15 is 0 Å². The molecular weight excluding hydrogens is 396 g/mol. The van der Waals surface area contributed by atoms with Crippen molar-refractivity contribution in [2.45, 2.75) is 6.42 Å². The molecule has 8 nitrogen and oxygen atoms in total. The normalized spacial score (nSPS) is 15.8. The molecule has 0 unspecified atom stereocenters. The minimum absolute atomic E-state index is 0.0845. The Morgan fingerprint density at radius 2 is 1.87 bits per heavy atom. The molecule has 1 aliphatic heterocycles. The molecule has 1 aromatic heterocycles. The van der Waals surface area contributed by atoms with Crippen LogP contribution in [0.1, 0.15) is 16.8 Å². The van der Waals surface area contributed by atoms with Crippen molar-refractivity contribution in [3.8, 4) is 5.75 Å². The molecule has 0 aliphatic carbocycles. The van der Waals surface area contributed by atoms with Crippen molar-refractivity contribution in [1.29, 1.82) is 0 Å². The fourth-order valence-electron chi connectivity index (χ4n) is 3.70. The Morgan fingerprint density at radius 3 is 2.65 bits per heavy atom. The van der Waals surface area contributed by atoms with E-state index in [0.29, 0.717) is 30.9 Å². The second kappa shape index (κ2) is 8.91. The molecule has 3 amide bonds. The third-order valence-electron chi connectivity index (χ3n) is 5.41. The van der Waals surface area contributed by atoms with E-state index in [1.165, 1.54) is 0 Å². The Labute approximate surface area is 179 Å². The zero-order valence-corrected chi connectivity index (χ0v) is 17.2. The van der Waals surface area contributed by atoms with Crippen LogP contribution in [0.25, 0.3) is 10.9 Å². The largest absolute Gasteiger partial charge is 0.497 e. The molecule has 0 spiro atoms. The molecule has 2 aromatic carbocycles. The Bertz CT molecular complexity index is 1110. The van der Waals surface area contributed by atoms with Gasteiger partial charge < -0.3 is 25.3 Å². The lowest BCUT2D eigenvalue weighted by molar-refractivity contribution is -0.126. The second-order valence-electron chi connectivity index (χ2n) is 7.43. The lowest BCUT2D eigenvalue weighted by atomic mass is 10.1. The zero-order valence-electron chi connectivity index (χ0n) is 17.2. The Morgan fingerprint density at radius 1 is 1.10 bits per heavy atom. The van der Waals surface area contributed by atoms with Gasteiger partial charge in [-0.1, -0.05) is 0 Å². The van der Waals surface area contributed by atoms with E-state index in [2.05, 4.69) is 15.6 Å². The number of carbonyl (C=O) groups is 3. The SMILES string of the molecule is COc1ccc(N2C[C@@H](C(=O)NCCNC(=O)c3ccc4[nH]ccc4c3)CC2=O)cc1. The van der Waals surface area contributed by atoms with Crippen LogP contribution in [0.2, 0.25) is 0 Å². The number of fused-ring (bicyclic) bond motifs is 1. The molecule has 0 bridgehead atoms. The molecule has 1 atom stereocenters. The molecular formula is C23H24N4O4. The van der Waals surface area contributed by atoms with E-state index in [9.17, 15) is 14.4 Å². The maximum Gasteiger partial charge on any atom is 0.251 e. The maximum absolute atomic E-state index is 12.5. The van der Waals surface area contributed by atoms with Gasteiger partial charge in [0, 0.05) is 54.4 Å². The van der Waals surface area contributed by atoms with Crippen molar-refractivity contribution < 1.29 is 19.1 Å². The Balaban J connectivity index is 1.24. The van der Waals surface area contributed by atoms with Crippen LogP contribution in [0.5, 0.6) is 5.75 Å². The molecule has 0 saturated carbocycles. The number of benzene rings is 2. The van der Waals surface area contributed by atoms with Gasteiger partial charge >= 0.3 is 0 Å². The highest BCUT2D eigenvalue weighted by molar-refractivity contribution is 6.00. The first-order valence-electron chi connectivity index (χ1n) is 10.1. The lowest BCUT2D eigenvalue weighted by Crippen LogP contribution is -2.38. The van der Waals surface area contributed by atoms with Gasteiger partial charge in [0.25, 0.3) is 5.91 Å². The van der Waals surface area contributed by atoms with E-state index in [0.717, 1.165) is 16.6 Å². The van der Waals surface area contributed by atoms with E-state index < -0.39 is 5.92 Å². The van der Waals surface area contributed by atoms with Crippen LogP contribution in [0.15, 0.2) is 54.7 Å². The molecule has 2 heterocycles. The van der Waals surface area contributed by atoms with Gasteiger partial charge in [0.15, 0.2) is 0 Å². The number of H-pyrrole nitrogens is 1. The van der Waals surface area contributed by atoms with Crippen molar-refractivity contribution >= 4 is 34.3 Å². The average molecular weight is 420 g/mol. The molecule has 3 N–H and O–H groups in total. The number of rotatable bonds is 7. The van der Waals surface area contributed by atoms with Crippen molar-refractivity contribution in [3.05, 3.63) is 60.3 Å². The monoisotopic (exact) mass is 420 g/mol. The Hall–Kier alpha value is -3.81. The number of amides is 3. The number of anilines is 1. The standard InChI is InChI=1S/C23H24N4O4/c1-31-19-5-3-18(4-6-19)27-14-17(13-21(27)28)23(30)26-11-10-25-22(29)16-2-7-20-15(12-16)8-9-24-20/h2-9,12,17,24H,10-11,13-14H2,1H3,(H,25,29)(H,26,30)/t17-/m0/s1. The third-order valence-corrected chi connectivity index (χ3v) is 5.41. The number of ether oxygens (including phenoxy) is 1. The number of carbonyl (C=O) groups excluding carboxylic acids is 3. The van der Waals surface area contributed by atoms with Gasteiger partial charge in [-0.2, -0.15) is 0 Å². The first kappa shape index (κ1) is 20.5. The predicted molar refractivity (Wildman–Crippen MR) is 117 cm³/mol. The molecule has 0 radical (unpaired) electrons. The summed E-state index contributed by atoms with van der Waals surface area (Å²) in [6.45, 7) is 0.933. The average Bonchev–Trinajstić information content (AvgIpc) is 3.42. The summed E-state index contributed by atoms with van der Waals surface area (Å²) >= 11 is 0. The van der Waals surface area contributed by atoms with Gasteiger partial charge in [-0.25, -0.2) is 0 Å². The van der Waals surface area contributed by atoms with Crippen molar-refractivity contribution in [3.63, 3.8) is 0 Å². The minimum Gasteiger partial charge on any atom is -0.497 e. The number of nitrogens with zero attached hydrogens (tertiary/aromatic N) is 1. The molecule has 4 rings (SSSR count). The highest BCUT2D eigenvalue weighted by Crippen LogP contribution is 2.26. The topological polar surface area (TPSA) is 104 Å². The van der Waals surface area contributed by atoms with Crippen LogP contribution in [0.4, 0.5) is 5.69 Å². The molecule has 3 aromatic rings. The highest BCUT2D eigenvalue weighted by atomic mass is 16.5. The molecule has 1 aliphatic rings. The van der Waals surface area contributed by atoms with Crippen LogP contribution >= 0.6 is 0 Å². The number of nitrogens with one attached hydrogen (secondary N) is 3. The summed E-state index contributed by atoms with van der Waals surface area (Å²) in [6, 6.07) is 14.5. The fraction of sp³-hybridized carbons (Fsp3) is 0.261. The summed E-state index contributed by atoms with van der Waals surface area (Å²) in [6.07, 6.45) is 1.99. The van der Waals surface area contributed by atoms with E-state index in [4.69, 9.17) is 4.74 Å². The van der Waals surface area contributed by atoms with Gasteiger partial charge in [-0.3, -0.25) is 14.4 Å². The summed E-state index contributed by atoms with van der Waals surface area (Å²) in [4.78, 5) is 41.8. The van der Waals surface area contributed by atoms with Crippen molar-refractivity contribution in [2.75, 3.05) is 31.6 Å². The van der Waals surface area contributed by atoms with Gasteiger partial charge in [0.1, 0.15) is 5.75 Å². The van der Waals surface area contributed by atoms with E-state index in [-0.39, 0.29) is 24.1 Å². The maximum atomic E-state index is 12.5. The minimum atomic E-state index is -0.415. The molecule has 1 fully saturated rings. The summed E-state index contributed by atoms with van der Waals surface area (Å²) in [7, 11) is 1.58. The predicted octanol–water partition coefficient (Wildman–Crippen LogP) is 2.08. The van der Waals surface area contributed by atoms with Gasteiger partial charge in [-0.15, -0.1) is 0 Å². The van der Waals surface area contributed by atoms with Gasteiger partial charge in [0.05, 0.1) is 13.0 Å². The lowest BCUT2D eigenvalue weighted by Gasteiger charge is -2.17. The second-order valence-corrected chi connectivity index (χ2v) is 7.43. The molecule has 31 heavy (non-hydrogen) atoms. The first-order chi connectivity index (χ1) is 15.0. The number of aromatic amines is 1. The van der Waals surface area contributed by atoms with Crippen LogP contribution in [-0.2, 0) is 9.59 Å². The number of aromatic nitrogens is 1. The quantitative estimate of drug-likeness (QED) is 0.509. The molecule has 160 valence electrons. The number of methoxy groups -OCH3 is 1. The number of hydrogen-bond acceptors (Lipinski definition) is 4. The van der Waals surface area contributed by atoms with Crippen LogP contribution in [-0.4, -0.2) is 49.4 Å². The summed E-state index contributed by atoms with van der Waals surface area (Å²) < 4.78 is 5.13. The number of hydrogen-bond donors (Lipinski definition) is 3. The van der Waals surface area contributed by atoms with Gasteiger partial charge in [-0.05, 0) is 48.5 Å². The van der Waals surface area contributed by atoms with Crippen molar-refractivity contribution in [2.24, 2.45) is 5.92 Å². The van der Waals surface area contributed by atoms with Crippen LogP contribution in [0.3, 0.4) is 0 Å². The Kier molecular flexibility index (Phi) is 5.88. The van der Waals surface area contributed by atoms with Crippen molar-refractivity contribution in [1.82, 2.24) is 15.6 Å². The summed E-state index contributed by atoms with van der Waals surface area (Å²) in [5.74, 6) is -0.175. The van der Waals surface area contributed by atoms with E-state index in [1.807, 2.05) is 24.4 Å². The molecule has 8 heteroatoms. The smallest absolute Gasteiger partial charge is 0.251 e. The fourth-order valence-corrected chi connectivity index (χ4v) is 3.70. The third kappa shape index (κ3) is 4.53. The van der Waals surface area contributed by atoms with E-state index in [1.54, 1.807) is 42.3 Å². The van der Waals surface area contributed by atoms with Crippen LogP contribution in [0, 0.1) is 5.92 Å². The molecule has 1 saturated heterocycles. The van der Waals surface area contributed by atoms with Crippen LogP contribution < -0.4 is 20.3 Å². The summed E-state index contributed by atoms with van der Waals surface area (Å²) in [5, 5.41) is 6.58. The van der Waals surface area contributed by atoms with Gasteiger partial charge in [0.2, 0.25) is 11.8 Å². The zero-order chi connectivity index (χ0) is 21.8.